The SMILES string of the molecule is O=C(OC1CCC1)N1CCCCC1. The van der Waals surface area contributed by atoms with E-state index < -0.39 is 0 Å². The number of carbonyl (C=O) groups is 1. The molecule has 3 heteroatoms. The average Bonchev–Trinajstić information content (AvgIpc) is 2.12. The zero-order chi connectivity index (χ0) is 9.10. The maximum Gasteiger partial charge on any atom is 0.410 e. The molecule has 1 saturated carbocycles. The summed E-state index contributed by atoms with van der Waals surface area (Å²) in [5, 5.41) is 0. The Morgan fingerprint density at radius 2 is 1.77 bits per heavy atom. The Morgan fingerprint density at radius 3 is 2.31 bits per heavy atom. The van der Waals surface area contributed by atoms with Gasteiger partial charge >= 0.3 is 6.09 Å². The minimum absolute atomic E-state index is 0.0793. The molecule has 1 aliphatic carbocycles. The molecule has 0 N–H and O–H groups in total. The Kier molecular flexibility index (Phi) is 2.71. The summed E-state index contributed by atoms with van der Waals surface area (Å²) in [4.78, 5) is 13.4. The fraction of sp³-hybridized carbons (Fsp3) is 0.900. The summed E-state index contributed by atoms with van der Waals surface area (Å²) < 4.78 is 5.31. The molecule has 3 nitrogen and oxygen atoms in total. The number of likely N-dealkylation sites (tertiary alicyclic amines) is 1. The first-order chi connectivity index (χ1) is 6.36. The Hall–Kier alpha value is -0.730. The molecule has 0 aromatic carbocycles. The minimum Gasteiger partial charge on any atom is -0.446 e. The average molecular weight is 183 g/mol. The van der Waals surface area contributed by atoms with Crippen LogP contribution in [0.4, 0.5) is 4.79 Å². The molecule has 2 fully saturated rings. The van der Waals surface area contributed by atoms with Crippen molar-refractivity contribution in [3.63, 3.8) is 0 Å². The molecular formula is C10H17NO2. The third kappa shape index (κ3) is 2.14. The number of hydrogen-bond acceptors (Lipinski definition) is 2. The summed E-state index contributed by atoms with van der Waals surface area (Å²) >= 11 is 0. The van der Waals surface area contributed by atoms with Crippen molar-refractivity contribution in [2.24, 2.45) is 0 Å². The first-order valence-electron chi connectivity index (χ1n) is 5.32. The summed E-state index contributed by atoms with van der Waals surface area (Å²) in [6.07, 6.45) is 7.04. The van der Waals surface area contributed by atoms with Crippen LogP contribution in [0.2, 0.25) is 0 Å². The van der Waals surface area contributed by atoms with E-state index >= 15 is 0 Å². The maximum atomic E-state index is 11.5. The van der Waals surface area contributed by atoms with Gasteiger partial charge in [-0.25, -0.2) is 4.79 Å². The van der Waals surface area contributed by atoms with Crippen LogP contribution in [0, 0.1) is 0 Å². The van der Waals surface area contributed by atoms with Crippen LogP contribution in [0.3, 0.4) is 0 Å². The Balaban J connectivity index is 1.74. The lowest BCUT2D eigenvalue weighted by atomic mass is 9.96. The van der Waals surface area contributed by atoms with E-state index in [1.807, 2.05) is 4.90 Å². The van der Waals surface area contributed by atoms with E-state index in [2.05, 4.69) is 0 Å². The third-order valence-corrected chi connectivity index (χ3v) is 2.93. The molecule has 1 aliphatic heterocycles. The molecule has 0 aromatic rings. The highest BCUT2D eigenvalue weighted by Crippen LogP contribution is 2.23. The zero-order valence-corrected chi connectivity index (χ0v) is 8.00. The quantitative estimate of drug-likeness (QED) is 0.623. The van der Waals surface area contributed by atoms with Crippen molar-refractivity contribution in [3.8, 4) is 0 Å². The first kappa shape index (κ1) is 8.85. The lowest BCUT2D eigenvalue weighted by Crippen LogP contribution is -2.39. The van der Waals surface area contributed by atoms with E-state index in [-0.39, 0.29) is 12.2 Å². The van der Waals surface area contributed by atoms with Gasteiger partial charge in [-0.3, -0.25) is 0 Å². The van der Waals surface area contributed by atoms with Crippen LogP contribution in [0.1, 0.15) is 38.5 Å². The van der Waals surface area contributed by atoms with Gasteiger partial charge in [-0.05, 0) is 38.5 Å². The van der Waals surface area contributed by atoms with Crippen LogP contribution >= 0.6 is 0 Å². The van der Waals surface area contributed by atoms with E-state index in [1.54, 1.807) is 0 Å². The zero-order valence-electron chi connectivity index (χ0n) is 8.00. The second kappa shape index (κ2) is 3.99. The summed E-state index contributed by atoms with van der Waals surface area (Å²) in [6, 6.07) is 0. The van der Waals surface area contributed by atoms with Crippen molar-refractivity contribution in [1.29, 1.82) is 0 Å². The number of amides is 1. The molecule has 0 unspecified atom stereocenters. The van der Waals surface area contributed by atoms with Crippen LogP contribution < -0.4 is 0 Å². The highest BCUT2D eigenvalue weighted by molar-refractivity contribution is 5.67. The standard InChI is InChI=1S/C10H17NO2/c12-10(13-9-5-4-6-9)11-7-2-1-3-8-11/h9H,1-8H2. The van der Waals surface area contributed by atoms with Crippen molar-refractivity contribution in [3.05, 3.63) is 0 Å². The number of piperidine rings is 1. The largest absolute Gasteiger partial charge is 0.446 e. The number of hydrogen-bond donors (Lipinski definition) is 0. The van der Waals surface area contributed by atoms with Crippen LogP contribution in [0.25, 0.3) is 0 Å². The molecule has 2 rings (SSSR count). The van der Waals surface area contributed by atoms with E-state index in [9.17, 15) is 4.79 Å². The second-order valence-corrected chi connectivity index (χ2v) is 3.98. The van der Waals surface area contributed by atoms with Gasteiger partial charge in [0.05, 0.1) is 0 Å². The van der Waals surface area contributed by atoms with Crippen molar-refractivity contribution >= 4 is 6.09 Å². The maximum absolute atomic E-state index is 11.5. The summed E-state index contributed by atoms with van der Waals surface area (Å²) in [5.74, 6) is 0. The summed E-state index contributed by atoms with van der Waals surface area (Å²) in [6.45, 7) is 1.79. The number of rotatable bonds is 1. The molecule has 0 atom stereocenters. The fourth-order valence-electron chi connectivity index (χ4n) is 1.78. The molecule has 1 heterocycles. The number of ether oxygens (including phenoxy) is 1. The number of carbonyl (C=O) groups excluding carboxylic acids is 1. The molecular weight excluding hydrogens is 166 g/mol. The van der Waals surface area contributed by atoms with Crippen LogP contribution in [0.5, 0.6) is 0 Å². The molecule has 2 aliphatic rings. The van der Waals surface area contributed by atoms with E-state index in [0.29, 0.717) is 0 Å². The molecule has 74 valence electrons. The second-order valence-electron chi connectivity index (χ2n) is 3.98. The van der Waals surface area contributed by atoms with Crippen LogP contribution in [0.15, 0.2) is 0 Å². The lowest BCUT2D eigenvalue weighted by Gasteiger charge is -2.31. The highest BCUT2D eigenvalue weighted by atomic mass is 16.6. The summed E-state index contributed by atoms with van der Waals surface area (Å²) in [5.41, 5.74) is 0. The van der Waals surface area contributed by atoms with Gasteiger partial charge in [-0.2, -0.15) is 0 Å². The molecule has 0 bridgehead atoms. The van der Waals surface area contributed by atoms with Crippen molar-refractivity contribution in [2.45, 2.75) is 44.6 Å². The molecule has 1 amide bonds. The minimum atomic E-state index is -0.0793. The molecule has 0 radical (unpaired) electrons. The van der Waals surface area contributed by atoms with E-state index in [4.69, 9.17) is 4.74 Å². The van der Waals surface area contributed by atoms with Gasteiger partial charge in [0, 0.05) is 13.1 Å². The lowest BCUT2D eigenvalue weighted by molar-refractivity contribution is 0.0236. The molecule has 0 aromatic heterocycles. The Bertz CT molecular complexity index is 183. The van der Waals surface area contributed by atoms with Gasteiger partial charge in [0.15, 0.2) is 0 Å². The Morgan fingerprint density at radius 1 is 1.08 bits per heavy atom. The highest BCUT2D eigenvalue weighted by Gasteiger charge is 2.25. The smallest absolute Gasteiger partial charge is 0.410 e. The predicted molar refractivity (Wildman–Crippen MR) is 49.5 cm³/mol. The van der Waals surface area contributed by atoms with Crippen molar-refractivity contribution in [1.82, 2.24) is 4.90 Å². The van der Waals surface area contributed by atoms with Crippen LogP contribution in [-0.2, 0) is 4.74 Å². The molecule has 1 saturated heterocycles. The fourth-order valence-corrected chi connectivity index (χ4v) is 1.78. The van der Waals surface area contributed by atoms with Gasteiger partial charge in [-0.15, -0.1) is 0 Å². The molecule has 0 spiro atoms. The topological polar surface area (TPSA) is 29.5 Å². The Labute approximate surface area is 79.0 Å². The van der Waals surface area contributed by atoms with Gasteiger partial charge in [0.2, 0.25) is 0 Å². The van der Waals surface area contributed by atoms with Crippen LogP contribution in [-0.4, -0.2) is 30.2 Å². The van der Waals surface area contributed by atoms with E-state index in [1.165, 1.54) is 12.8 Å². The van der Waals surface area contributed by atoms with Crippen molar-refractivity contribution < 1.29 is 9.53 Å². The van der Waals surface area contributed by atoms with E-state index in [0.717, 1.165) is 38.8 Å². The molecule has 13 heavy (non-hydrogen) atoms. The summed E-state index contributed by atoms with van der Waals surface area (Å²) in [7, 11) is 0. The third-order valence-electron chi connectivity index (χ3n) is 2.93. The van der Waals surface area contributed by atoms with Gasteiger partial charge in [0.25, 0.3) is 0 Å². The first-order valence-corrected chi connectivity index (χ1v) is 5.32. The van der Waals surface area contributed by atoms with Gasteiger partial charge < -0.3 is 9.64 Å². The monoisotopic (exact) mass is 183 g/mol. The predicted octanol–water partition coefficient (Wildman–Crippen LogP) is 2.16. The van der Waals surface area contributed by atoms with Crippen molar-refractivity contribution in [2.75, 3.05) is 13.1 Å². The normalized spacial score (nSPS) is 23.8. The van der Waals surface area contributed by atoms with Gasteiger partial charge in [-0.1, -0.05) is 0 Å². The van der Waals surface area contributed by atoms with Gasteiger partial charge in [0.1, 0.15) is 6.10 Å². The number of nitrogens with zero attached hydrogens (tertiary/aromatic N) is 1.